The van der Waals surface area contributed by atoms with E-state index >= 15 is 0 Å². The van der Waals surface area contributed by atoms with Crippen molar-refractivity contribution in [2.24, 2.45) is 0 Å². The van der Waals surface area contributed by atoms with E-state index in [2.05, 4.69) is 12.2 Å². The van der Waals surface area contributed by atoms with Gasteiger partial charge in [0.15, 0.2) is 0 Å². The average Bonchev–Trinajstić information content (AvgIpc) is 2.63. The van der Waals surface area contributed by atoms with Crippen LogP contribution in [0.3, 0.4) is 0 Å². The molecule has 0 aliphatic carbocycles. The van der Waals surface area contributed by atoms with Crippen LogP contribution in [0, 0.1) is 0 Å². The van der Waals surface area contributed by atoms with Gasteiger partial charge < -0.3 is 10.1 Å². The number of hydrogen-bond donors (Lipinski definition) is 1. The molecule has 0 atom stereocenters. The fraction of sp³-hybridized carbons (Fsp3) is 0.190. The topological polar surface area (TPSA) is 38.3 Å². The lowest BCUT2D eigenvalue weighted by atomic mass is 10.1. The number of carbonyl (C=O) groups excluding carboxylic acids is 1. The molecule has 3 aromatic rings. The van der Waals surface area contributed by atoms with Crippen molar-refractivity contribution < 1.29 is 9.53 Å². The lowest BCUT2D eigenvalue weighted by Gasteiger charge is -2.13. The van der Waals surface area contributed by atoms with Crippen molar-refractivity contribution in [1.29, 1.82) is 0 Å². The third-order valence-corrected chi connectivity index (χ3v) is 4.21. The van der Waals surface area contributed by atoms with Gasteiger partial charge in [0.2, 0.25) is 0 Å². The number of carbonyl (C=O) groups is 1. The molecule has 3 nitrogen and oxygen atoms in total. The van der Waals surface area contributed by atoms with Gasteiger partial charge >= 0.3 is 0 Å². The Kier molecular flexibility index (Phi) is 5.56. The molecule has 0 spiro atoms. The number of hydrogen-bond acceptors (Lipinski definition) is 2. The van der Waals surface area contributed by atoms with E-state index in [-0.39, 0.29) is 5.91 Å². The molecule has 4 heteroatoms. The summed E-state index contributed by atoms with van der Waals surface area (Å²) in [6, 6.07) is 18.9. The van der Waals surface area contributed by atoms with Gasteiger partial charge in [0, 0.05) is 16.1 Å². The van der Waals surface area contributed by atoms with Gasteiger partial charge in [0.05, 0.1) is 12.2 Å². The normalized spacial score (nSPS) is 10.6. The highest BCUT2D eigenvalue weighted by molar-refractivity contribution is 6.31. The first-order chi connectivity index (χ1) is 12.2. The van der Waals surface area contributed by atoms with E-state index in [1.807, 2.05) is 42.5 Å². The van der Waals surface area contributed by atoms with E-state index in [0.717, 1.165) is 29.3 Å². The lowest BCUT2D eigenvalue weighted by Crippen LogP contribution is -2.14. The summed E-state index contributed by atoms with van der Waals surface area (Å²) < 4.78 is 5.76. The monoisotopic (exact) mass is 353 g/mol. The average molecular weight is 354 g/mol. The summed E-state index contributed by atoms with van der Waals surface area (Å²) in [6.07, 6.45) is 1.97. The van der Waals surface area contributed by atoms with Gasteiger partial charge in [-0.1, -0.05) is 61.3 Å². The molecule has 0 saturated carbocycles. The summed E-state index contributed by atoms with van der Waals surface area (Å²) >= 11 is 6.08. The maximum absolute atomic E-state index is 12.8. The zero-order valence-electron chi connectivity index (χ0n) is 14.1. The second-order valence-corrected chi connectivity index (χ2v) is 6.26. The minimum atomic E-state index is -0.231. The molecule has 3 rings (SSSR count). The summed E-state index contributed by atoms with van der Waals surface area (Å²) in [5.41, 5.74) is 1.21. The number of fused-ring (bicyclic) bond motifs is 1. The van der Waals surface area contributed by atoms with Crippen molar-refractivity contribution in [3.8, 4) is 5.75 Å². The summed E-state index contributed by atoms with van der Waals surface area (Å²) in [6.45, 7) is 2.67. The smallest absolute Gasteiger partial charge is 0.259 e. The van der Waals surface area contributed by atoms with Gasteiger partial charge in [-0.25, -0.2) is 0 Å². The Morgan fingerprint density at radius 3 is 2.72 bits per heavy atom. The highest BCUT2D eigenvalue weighted by Crippen LogP contribution is 2.27. The predicted molar refractivity (Wildman–Crippen MR) is 104 cm³/mol. The zero-order chi connectivity index (χ0) is 17.6. The van der Waals surface area contributed by atoms with Crippen LogP contribution in [0.4, 0.5) is 5.69 Å². The van der Waals surface area contributed by atoms with E-state index in [0.29, 0.717) is 22.9 Å². The fourth-order valence-corrected chi connectivity index (χ4v) is 2.83. The number of anilines is 1. The quantitative estimate of drug-likeness (QED) is 0.558. The van der Waals surface area contributed by atoms with Crippen LogP contribution in [0.1, 0.15) is 30.1 Å². The first-order valence-corrected chi connectivity index (χ1v) is 8.78. The molecule has 25 heavy (non-hydrogen) atoms. The van der Waals surface area contributed by atoms with Gasteiger partial charge in [-0.05, 0) is 36.1 Å². The van der Waals surface area contributed by atoms with Crippen LogP contribution in [-0.2, 0) is 0 Å². The Morgan fingerprint density at radius 2 is 1.88 bits per heavy atom. The standard InChI is InChI=1S/C21H20ClNO2/c1-2-3-13-25-20-12-11-16(22)14-18(20)21(24)23-19-10-6-8-15-7-4-5-9-17(15)19/h4-12,14H,2-3,13H2,1H3,(H,23,24). The summed E-state index contributed by atoms with van der Waals surface area (Å²) in [7, 11) is 0. The second-order valence-electron chi connectivity index (χ2n) is 5.82. The zero-order valence-corrected chi connectivity index (χ0v) is 14.8. The summed E-state index contributed by atoms with van der Waals surface area (Å²) in [5.74, 6) is 0.320. The minimum Gasteiger partial charge on any atom is -0.493 e. The molecular formula is C21H20ClNO2. The van der Waals surface area contributed by atoms with E-state index in [4.69, 9.17) is 16.3 Å². The van der Waals surface area contributed by atoms with Crippen molar-refractivity contribution in [1.82, 2.24) is 0 Å². The summed E-state index contributed by atoms with van der Waals surface area (Å²) in [4.78, 5) is 12.8. The highest BCUT2D eigenvalue weighted by Gasteiger charge is 2.15. The van der Waals surface area contributed by atoms with Crippen LogP contribution in [0.2, 0.25) is 5.02 Å². The van der Waals surface area contributed by atoms with Crippen molar-refractivity contribution in [2.45, 2.75) is 19.8 Å². The number of halogens is 1. The van der Waals surface area contributed by atoms with Crippen molar-refractivity contribution in [3.63, 3.8) is 0 Å². The SMILES string of the molecule is CCCCOc1ccc(Cl)cc1C(=O)Nc1cccc2ccccc12. The molecule has 0 aromatic heterocycles. The fourth-order valence-electron chi connectivity index (χ4n) is 2.66. The molecule has 1 amide bonds. The van der Waals surface area contributed by atoms with E-state index in [1.165, 1.54) is 0 Å². The lowest BCUT2D eigenvalue weighted by molar-refractivity contribution is 0.102. The molecule has 128 valence electrons. The number of nitrogens with one attached hydrogen (secondary N) is 1. The Bertz CT molecular complexity index is 887. The van der Waals surface area contributed by atoms with Crippen LogP contribution in [0.5, 0.6) is 5.75 Å². The molecule has 3 aromatic carbocycles. The summed E-state index contributed by atoms with van der Waals surface area (Å²) in [5, 5.41) is 5.56. The van der Waals surface area contributed by atoms with Crippen LogP contribution in [0.25, 0.3) is 10.8 Å². The molecule has 0 unspecified atom stereocenters. The molecule has 0 heterocycles. The van der Waals surface area contributed by atoms with Crippen LogP contribution < -0.4 is 10.1 Å². The van der Waals surface area contributed by atoms with Gasteiger partial charge in [-0.2, -0.15) is 0 Å². The second kappa shape index (κ2) is 8.04. The molecule has 0 aliphatic rings. The first kappa shape index (κ1) is 17.3. The van der Waals surface area contributed by atoms with Crippen LogP contribution in [0.15, 0.2) is 60.7 Å². The Hall–Kier alpha value is -2.52. The largest absolute Gasteiger partial charge is 0.493 e. The Labute approximate surface area is 152 Å². The minimum absolute atomic E-state index is 0.231. The van der Waals surface area contributed by atoms with Gasteiger partial charge in [0.25, 0.3) is 5.91 Å². The van der Waals surface area contributed by atoms with E-state index in [9.17, 15) is 4.79 Å². The molecule has 0 bridgehead atoms. The highest BCUT2D eigenvalue weighted by atomic mass is 35.5. The van der Waals surface area contributed by atoms with Crippen LogP contribution in [-0.4, -0.2) is 12.5 Å². The predicted octanol–water partition coefficient (Wildman–Crippen LogP) is 5.92. The van der Waals surface area contributed by atoms with Crippen molar-refractivity contribution >= 4 is 34.0 Å². The number of benzene rings is 3. The van der Waals surface area contributed by atoms with Crippen molar-refractivity contribution in [3.05, 3.63) is 71.2 Å². The number of unbranched alkanes of at least 4 members (excludes halogenated alkanes) is 1. The third-order valence-electron chi connectivity index (χ3n) is 3.98. The maximum atomic E-state index is 12.8. The molecule has 0 aliphatic heterocycles. The Balaban J connectivity index is 1.88. The molecule has 0 radical (unpaired) electrons. The molecule has 1 N–H and O–H groups in total. The van der Waals surface area contributed by atoms with Crippen LogP contribution >= 0.6 is 11.6 Å². The third kappa shape index (κ3) is 4.12. The van der Waals surface area contributed by atoms with E-state index < -0.39 is 0 Å². The molecular weight excluding hydrogens is 334 g/mol. The van der Waals surface area contributed by atoms with Crippen molar-refractivity contribution in [2.75, 3.05) is 11.9 Å². The van der Waals surface area contributed by atoms with Gasteiger partial charge in [0.1, 0.15) is 5.75 Å². The van der Waals surface area contributed by atoms with Gasteiger partial charge in [-0.3, -0.25) is 4.79 Å². The number of rotatable bonds is 6. The Morgan fingerprint density at radius 1 is 1.08 bits per heavy atom. The molecule has 0 saturated heterocycles. The van der Waals surface area contributed by atoms with E-state index in [1.54, 1.807) is 18.2 Å². The van der Waals surface area contributed by atoms with Gasteiger partial charge in [-0.15, -0.1) is 0 Å². The number of amides is 1. The number of ether oxygens (including phenoxy) is 1. The maximum Gasteiger partial charge on any atom is 0.259 e. The molecule has 0 fully saturated rings. The first-order valence-electron chi connectivity index (χ1n) is 8.40.